The Hall–Kier alpha value is -0.420. The predicted molar refractivity (Wildman–Crippen MR) is 67.2 cm³/mol. The summed E-state index contributed by atoms with van der Waals surface area (Å²) in [5.74, 6) is 0.0629. The second kappa shape index (κ2) is 6.95. The van der Waals surface area contributed by atoms with E-state index in [0.29, 0.717) is 11.6 Å². The summed E-state index contributed by atoms with van der Waals surface area (Å²) in [4.78, 5) is 15.5. The number of hydrogen-bond donors (Lipinski definition) is 1. The van der Waals surface area contributed by atoms with E-state index in [1.54, 1.807) is 6.20 Å². The van der Waals surface area contributed by atoms with Crippen molar-refractivity contribution < 1.29 is 4.79 Å². The molecule has 0 aliphatic carbocycles. The van der Waals surface area contributed by atoms with Crippen LogP contribution in [0, 0.1) is 0 Å². The number of anilines is 1. The number of nitrogens with one attached hydrogen (secondary N) is 1. The molecule has 0 saturated carbocycles. The van der Waals surface area contributed by atoms with E-state index in [9.17, 15) is 4.79 Å². The number of carbonyl (C=O) groups excluding carboxylic acids is 1. The second-order valence-electron chi connectivity index (χ2n) is 3.33. The normalized spacial score (nSPS) is 10.3. The summed E-state index contributed by atoms with van der Waals surface area (Å²) in [6, 6.07) is 0. The molecular weight excluding hydrogens is 276 g/mol. The summed E-state index contributed by atoms with van der Waals surface area (Å²) in [5, 5.41) is 3.45. The molecule has 1 aromatic heterocycles. The average molecular weight is 291 g/mol. The first-order valence-corrected chi connectivity index (χ1v) is 6.74. The number of thiazole rings is 1. The third kappa shape index (κ3) is 5.28. The van der Waals surface area contributed by atoms with Crippen molar-refractivity contribution in [3.05, 3.63) is 9.98 Å². The fourth-order valence-corrected chi connectivity index (χ4v) is 2.33. The van der Waals surface area contributed by atoms with Crippen LogP contribution in [0.3, 0.4) is 0 Å². The first-order valence-electron chi connectivity index (χ1n) is 5.13. The Morgan fingerprint density at radius 1 is 1.53 bits per heavy atom. The molecule has 1 aromatic rings. The van der Waals surface area contributed by atoms with Gasteiger partial charge in [0.2, 0.25) is 5.91 Å². The molecule has 0 aromatic carbocycles. The van der Waals surface area contributed by atoms with Crippen molar-refractivity contribution in [3.63, 3.8) is 0 Å². The lowest BCUT2D eigenvalue weighted by Crippen LogP contribution is -2.10. The molecule has 3 nitrogen and oxygen atoms in total. The molecule has 1 heterocycles. The van der Waals surface area contributed by atoms with Gasteiger partial charge in [0.1, 0.15) is 0 Å². The van der Waals surface area contributed by atoms with Gasteiger partial charge in [-0.3, -0.25) is 4.79 Å². The van der Waals surface area contributed by atoms with Gasteiger partial charge in [0.25, 0.3) is 0 Å². The highest BCUT2D eigenvalue weighted by Gasteiger charge is 2.04. The van der Waals surface area contributed by atoms with Crippen LogP contribution in [0.4, 0.5) is 5.13 Å². The molecular formula is C10H15BrN2OS. The molecule has 0 spiro atoms. The Morgan fingerprint density at radius 3 is 2.93 bits per heavy atom. The standard InChI is InChI=1S/C10H15BrN2OS/c1-2-3-4-5-6-9(14)13-10-12-7-8(11)15-10/h7H,2-6H2,1H3,(H,12,13,14). The van der Waals surface area contributed by atoms with Crippen molar-refractivity contribution in [3.8, 4) is 0 Å². The largest absolute Gasteiger partial charge is 0.302 e. The molecule has 1 N–H and O–H groups in total. The van der Waals surface area contributed by atoms with E-state index in [1.165, 1.54) is 24.2 Å². The van der Waals surface area contributed by atoms with E-state index in [-0.39, 0.29) is 5.91 Å². The fraction of sp³-hybridized carbons (Fsp3) is 0.600. The Kier molecular flexibility index (Phi) is 5.86. The highest BCUT2D eigenvalue weighted by molar-refractivity contribution is 9.11. The summed E-state index contributed by atoms with van der Waals surface area (Å²) < 4.78 is 0.934. The summed E-state index contributed by atoms with van der Waals surface area (Å²) in [6.07, 6.45) is 6.78. The number of aromatic nitrogens is 1. The number of carbonyl (C=O) groups is 1. The highest BCUT2D eigenvalue weighted by Crippen LogP contribution is 2.23. The molecule has 0 aliphatic rings. The van der Waals surface area contributed by atoms with E-state index >= 15 is 0 Å². The third-order valence-corrected chi connectivity index (χ3v) is 3.37. The van der Waals surface area contributed by atoms with Gasteiger partial charge in [-0.25, -0.2) is 4.98 Å². The van der Waals surface area contributed by atoms with Gasteiger partial charge in [-0.15, -0.1) is 0 Å². The van der Waals surface area contributed by atoms with Gasteiger partial charge < -0.3 is 5.32 Å². The first-order chi connectivity index (χ1) is 7.22. The number of rotatable bonds is 6. The van der Waals surface area contributed by atoms with Gasteiger partial charge in [-0.05, 0) is 22.4 Å². The van der Waals surface area contributed by atoms with Crippen LogP contribution in [0.5, 0.6) is 0 Å². The zero-order chi connectivity index (χ0) is 11.1. The summed E-state index contributed by atoms with van der Waals surface area (Å²) in [5.41, 5.74) is 0. The van der Waals surface area contributed by atoms with Gasteiger partial charge in [0, 0.05) is 6.42 Å². The summed E-state index contributed by atoms with van der Waals surface area (Å²) >= 11 is 4.73. The maximum atomic E-state index is 11.4. The van der Waals surface area contributed by atoms with E-state index < -0.39 is 0 Å². The predicted octanol–water partition coefficient (Wildman–Crippen LogP) is 3.81. The third-order valence-electron chi connectivity index (χ3n) is 1.98. The number of unbranched alkanes of at least 4 members (excludes halogenated alkanes) is 3. The molecule has 0 aliphatic heterocycles. The molecule has 84 valence electrons. The average Bonchev–Trinajstić information content (AvgIpc) is 2.59. The van der Waals surface area contributed by atoms with Crippen molar-refractivity contribution in [2.45, 2.75) is 39.0 Å². The van der Waals surface area contributed by atoms with Crippen LogP contribution in [0.15, 0.2) is 9.98 Å². The number of amides is 1. The van der Waals surface area contributed by atoms with Crippen molar-refractivity contribution in [1.29, 1.82) is 0 Å². The van der Waals surface area contributed by atoms with Gasteiger partial charge in [0.15, 0.2) is 5.13 Å². The Bertz CT molecular complexity index is 314. The van der Waals surface area contributed by atoms with Gasteiger partial charge >= 0.3 is 0 Å². The SMILES string of the molecule is CCCCCCC(=O)Nc1ncc(Br)s1. The molecule has 0 atom stereocenters. The Morgan fingerprint density at radius 2 is 2.33 bits per heavy atom. The highest BCUT2D eigenvalue weighted by atomic mass is 79.9. The molecule has 0 bridgehead atoms. The van der Waals surface area contributed by atoms with E-state index in [1.807, 2.05) is 0 Å². The smallest absolute Gasteiger partial charge is 0.226 e. The van der Waals surface area contributed by atoms with Crippen molar-refractivity contribution >= 4 is 38.3 Å². The maximum Gasteiger partial charge on any atom is 0.226 e. The lowest BCUT2D eigenvalue weighted by Gasteiger charge is -2.00. The van der Waals surface area contributed by atoms with E-state index in [0.717, 1.165) is 16.6 Å². The quantitative estimate of drug-likeness (QED) is 0.810. The van der Waals surface area contributed by atoms with Crippen LogP contribution in [-0.4, -0.2) is 10.9 Å². The number of halogens is 1. The van der Waals surface area contributed by atoms with Crippen LogP contribution in [0.2, 0.25) is 0 Å². The zero-order valence-corrected chi connectivity index (χ0v) is 11.2. The van der Waals surface area contributed by atoms with Crippen LogP contribution in [0.25, 0.3) is 0 Å². The fourth-order valence-electron chi connectivity index (χ4n) is 1.21. The van der Waals surface area contributed by atoms with Crippen molar-refractivity contribution in [2.24, 2.45) is 0 Å². The van der Waals surface area contributed by atoms with Crippen LogP contribution < -0.4 is 5.32 Å². The Labute approximate surface area is 102 Å². The molecule has 1 amide bonds. The zero-order valence-electron chi connectivity index (χ0n) is 8.75. The molecule has 1 rings (SSSR count). The molecule has 15 heavy (non-hydrogen) atoms. The lowest BCUT2D eigenvalue weighted by atomic mass is 10.1. The van der Waals surface area contributed by atoms with Gasteiger partial charge in [-0.2, -0.15) is 0 Å². The monoisotopic (exact) mass is 290 g/mol. The number of hydrogen-bond acceptors (Lipinski definition) is 3. The maximum absolute atomic E-state index is 11.4. The molecule has 0 unspecified atom stereocenters. The summed E-state index contributed by atoms with van der Waals surface area (Å²) in [6.45, 7) is 2.16. The second-order valence-corrected chi connectivity index (χ2v) is 5.74. The van der Waals surface area contributed by atoms with Crippen molar-refractivity contribution in [1.82, 2.24) is 4.98 Å². The molecule has 5 heteroatoms. The minimum absolute atomic E-state index is 0.0629. The molecule has 0 fully saturated rings. The topological polar surface area (TPSA) is 42.0 Å². The van der Waals surface area contributed by atoms with Crippen LogP contribution in [0.1, 0.15) is 39.0 Å². The Balaban J connectivity index is 2.18. The van der Waals surface area contributed by atoms with Crippen LogP contribution >= 0.6 is 27.3 Å². The number of nitrogens with zero attached hydrogens (tertiary/aromatic N) is 1. The van der Waals surface area contributed by atoms with Crippen LogP contribution in [-0.2, 0) is 4.79 Å². The van der Waals surface area contributed by atoms with Crippen molar-refractivity contribution in [2.75, 3.05) is 5.32 Å². The van der Waals surface area contributed by atoms with Gasteiger partial charge in [0.05, 0.1) is 9.98 Å². The van der Waals surface area contributed by atoms with Gasteiger partial charge in [-0.1, -0.05) is 37.5 Å². The minimum atomic E-state index is 0.0629. The molecule has 0 saturated heterocycles. The molecule has 0 radical (unpaired) electrons. The summed E-state index contributed by atoms with van der Waals surface area (Å²) in [7, 11) is 0. The van der Waals surface area contributed by atoms with E-state index in [2.05, 4.69) is 33.2 Å². The first kappa shape index (κ1) is 12.6. The minimum Gasteiger partial charge on any atom is -0.302 e. The lowest BCUT2D eigenvalue weighted by molar-refractivity contribution is -0.116. The van der Waals surface area contributed by atoms with E-state index in [4.69, 9.17) is 0 Å².